The lowest BCUT2D eigenvalue weighted by Crippen LogP contribution is -2.14. The van der Waals surface area contributed by atoms with Crippen molar-refractivity contribution in [1.29, 1.82) is 0 Å². The maximum atomic E-state index is 11.6. The predicted octanol–water partition coefficient (Wildman–Crippen LogP) is 2.11. The average molecular weight is 302 g/mol. The number of carbonyl (C=O) groups is 2. The lowest BCUT2D eigenvalue weighted by atomic mass is 10.2. The molecule has 2 aromatic rings. The highest BCUT2D eigenvalue weighted by atomic mass is 16.6. The lowest BCUT2D eigenvalue weighted by Gasteiger charge is -2.06. The van der Waals surface area contributed by atoms with Gasteiger partial charge in [0.05, 0.1) is 11.1 Å². The highest BCUT2D eigenvalue weighted by Crippen LogP contribution is 2.11. The zero-order valence-electron chi connectivity index (χ0n) is 11.6. The number of carbonyl (C=O) groups excluding carboxylic acids is 2. The molecule has 2 aromatic carbocycles. The number of phenols is 2. The fourth-order valence-corrected chi connectivity index (χ4v) is 1.63. The summed E-state index contributed by atoms with van der Waals surface area (Å²) in [6.07, 6.45) is 0. The van der Waals surface area contributed by atoms with E-state index in [-0.39, 0.29) is 24.7 Å². The first-order chi connectivity index (χ1) is 10.6. The lowest BCUT2D eigenvalue weighted by molar-refractivity contribution is 0.0265. The van der Waals surface area contributed by atoms with Gasteiger partial charge in [-0.15, -0.1) is 0 Å². The summed E-state index contributed by atoms with van der Waals surface area (Å²) in [6.45, 7) is -0.160. The van der Waals surface area contributed by atoms with Gasteiger partial charge in [0.2, 0.25) is 0 Å². The first-order valence-corrected chi connectivity index (χ1v) is 6.48. The molecule has 0 aliphatic rings. The van der Waals surface area contributed by atoms with Crippen molar-refractivity contribution in [3.8, 4) is 11.5 Å². The van der Waals surface area contributed by atoms with Gasteiger partial charge in [-0.25, -0.2) is 9.59 Å². The molecule has 114 valence electrons. The Kier molecular flexibility index (Phi) is 4.98. The Hall–Kier alpha value is -3.02. The summed E-state index contributed by atoms with van der Waals surface area (Å²) in [6, 6.07) is 11.2. The van der Waals surface area contributed by atoms with Crippen LogP contribution in [0.1, 0.15) is 20.7 Å². The van der Waals surface area contributed by atoms with Crippen molar-refractivity contribution in [3.05, 3.63) is 59.7 Å². The second-order valence-electron chi connectivity index (χ2n) is 4.37. The van der Waals surface area contributed by atoms with Gasteiger partial charge in [0.25, 0.3) is 0 Å². The molecule has 0 amide bonds. The summed E-state index contributed by atoms with van der Waals surface area (Å²) in [5.41, 5.74) is 0.588. The molecule has 0 fully saturated rings. The summed E-state index contributed by atoms with van der Waals surface area (Å²) < 4.78 is 9.87. The van der Waals surface area contributed by atoms with Gasteiger partial charge < -0.3 is 19.7 Å². The molecule has 0 bridgehead atoms. The molecule has 0 spiro atoms. The van der Waals surface area contributed by atoms with Gasteiger partial charge in [-0.2, -0.15) is 0 Å². The van der Waals surface area contributed by atoms with Crippen molar-refractivity contribution in [1.82, 2.24) is 0 Å². The Morgan fingerprint density at radius 1 is 0.682 bits per heavy atom. The van der Waals surface area contributed by atoms with E-state index in [0.29, 0.717) is 11.1 Å². The Labute approximate surface area is 126 Å². The smallest absolute Gasteiger partial charge is 0.338 e. The van der Waals surface area contributed by atoms with Gasteiger partial charge in [0.15, 0.2) is 0 Å². The van der Waals surface area contributed by atoms with Crippen LogP contribution in [0.3, 0.4) is 0 Å². The molecule has 22 heavy (non-hydrogen) atoms. The number of aromatic hydroxyl groups is 2. The summed E-state index contributed by atoms with van der Waals surface area (Å²) in [4.78, 5) is 23.3. The first-order valence-electron chi connectivity index (χ1n) is 6.48. The molecule has 0 aliphatic heterocycles. The van der Waals surface area contributed by atoms with Crippen molar-refractivity contribution in [2.24, 2.45) is 0 Å². The highest BCUT2D eigenvalue weighted by Gasteiger charge is 2.09. The average Bonchev–Trinajstić information content (AvgIpc) is 2.52. The van der Waals surface area contributed by atoms with Crippen molar-refractivity contribution < 1.29 is 29.3 Å². The van der Waals surface area contributed by atoms with Crippen LogP contribution in [0.5, 0.6) is 11.5 Å². The number of ether oxygens (including phenoxy) is 2. The van der Waals surface area contributed by atoms with Gasteiger partial charge in [-0.1, -0.05) is 0 Å². The second-order valence-corrected chi connectivity index (χ2v) is 4.37. The van der Waals surface area contributed by atoms with Crippen LogP contribution < -0.4 is 0 Å². The number of hydrogen-bond acceptors (Lipinski definition) is 6. The van der Waals surface area contributed by atoms with Crippen molar-refractivity contribution >= 4 is 11.9 Å². The molecular weight excluding hydrogens is 288 g/mol. The maximum Gasteiger partial charge on any atom is 0.338 e. The van der Waals surface area contributed by atoms with E-state index < -0.39 is 11.9 Å². The van der Waals surface area contributed by atoms with E-state index in [1.54, 1.807) is 0 Å². The van der Waals surface area contributed by atoms with Gasteiger partial charge in [-0.05, 0) is 48.5 Å². The Balaban J connectivity index is 1.74. The zero-order valence-corrected chi connectivity index (χ0v) is 11.6. The van der Waals surface area contributed by atoms with Crippen molar-refractivity contribution in [3.63, 3.8) is 0 Å². The molecule has 6 nitrogen and oxygen atoms in total. The van der Waals surface area contributed by atoms with Gasteiger partial charge in [0.1, 0.15) is 24.7 Å². The van der Waals surface area contributed by atoms with Crippen molar-refractivity contribution in [2.75, 3.05) is 13.2 Å². The van der Waals surface area contributed by atoms with E-state index >= 15 is 0 Å². The molecule has 0 saturated carbocycles. The fraction of sp³-hybridized carbons (Fsp3) is 0.125. The molecule has 0 atom stereocenters. The Morgan fingerprint density at radius 2 is 1.00 bits per heavy atom. The number of esters is 2. The van der Waals surface area contributed by atoms with Crippen molar-refractivity contribution in [2.45, 2.75) is 0 Å². The minimum absolute atomic E-state index is 0.0550. The summed E-state index contributed by atoms with van der Waals surface area (Å²) in [5.74, 6) is -1.03. The van der Waals surface area contributed by atoms with E-state index in [2.05, 4.69) is 0 Å². The van der Waals surface area contributed by atoms with Gasteiger partial charge in [-0.3, -0.25) is 0 Å². The largest absolute Gasteiger partial charge is 0.508 e. The number of rotatable bonds is 5. The quantitative estimate of drug-likeness (QED) is 0.649. The topological polar surface area (TPSA) is 93.1 Å². The predicted molar refractivity (Wildman–Crippen MR) is 76.8 cm³/mol. The van der Waals surface area contributed by atoms with Crippen LogP contribution in [0.2, 0.25) is 0 Å². The maximum absolute atomic E-state index is 11.6. The number of hydrogen-bond donors (Lipinski definition) is 2. The second kappa shape index (κ2) is 7.12. The summed E-state index contributed by atoms with van der Waals surface area (Å²) in [5, 5.41) is 18.2. The first kappa shape index (κ1) is 15.4. The van der Waals surface area contributed by atoms with Gasteiger partial charge in [0, 0.05) is 0 Å². The highest BCUT2D eigenvalue weighted by molar-refractivity contribution is 5.90. The van der Waals surface area contributed by atoms with E-state index in [9.17, 15) is 9.59 Å². The molecule has 0 heterocycles. The van der Waals surface area contributed by atoms with Crippen LogP contribution in [0.15, 0.2) is 48.5 Å². The number of benzene rings is 2. The van der Waals surface area contributed by atoms with Gasteiger partial charge >= 0.3 is 11.9 Å². The van der Waals surface area contributed by atoms with Crippen LogP contribution in [0.25, 0.3) is 0 Å². The minimum atomic E-state index is -0.569. The molecular formula is C16H14O6. The van der Waals surface area contributed by atoms with E-state index in [1.807, 2.05) is 0 Å². The van der Waals surface area contributed by atoms with Crippen LogP contribution in [0, 0.1) is 0 Å². The molecule has 0 saturated heterocycles. The standard InChI is InChI=1S/C16H14O6/c17-13-5-1-11(2-6-13)15(19)21-9-10-22-16(20)12-3-7-14(18)8-4-12/h1-8,17-18H,9-10H2. The zero-order chi connectivity index (χ0) is 15.9. The fourth-order valence-electron chi connectivity index (χ4n) is 1.63. The number of phenolic OH excluding ortho intramolecular Hbond substituents is 2. The third-order valence-electron chi connectivity index (χ3n) is 2.76. The van der Waals surface area contributed by atoms with E-state index in [0.717, 1.165) is 0 Å². The van der Waals surface area contributed by atoms with Crippen LogP contribution in [0.4, 0.5) is 0 Å². The third kappa shape index (κ3) is 4.24. The molecule has 0 aliphatic carbocycles. The molecule has 0 unspecified atom stereocenters. The van der Waals surface area contributed by atoms with E-state index in [4.69, 9.17) is 19.7 Å². The van der Waals surface area contributed by atoms with Crippen LogP contribution in [-0.4, -0.2) is 35.4 Å². The summed E-state index contributed by atoms with van der Waals surface area (Å²) in [7, 11) is 0. The molecule has 0 aromatic heterocycles. The molecule has 6 heteroatoms. The van der Waals surface area contributed by atoms with Crippen LogP contribution in [-0.2, 0) is 9.47 Å². The SMILES string of the molecule is O=C(OCCOC(=O)c1ccc(O)cc1)c1ccc(O)cc1. The Morgan fingerprint density at radius 3 is 1.32 bits per heavy atom. The normalized spacial score (nSPS) is 10.0. The summed E-state index contributed by atoms with van der Waals surface area (Å²) >= 11 is 0. The third-order valence-corrected chi connectivity index (χ3v) is 2.76. The molecule has 2 N–H and O–H groups in total. The molecule has 0 radical (unpaired) electrons. The van der Waals surface area contributed by atoms with E-state index in [1.165, 1.54) is 48.5 Å². The minimum Gasteiger partial charge on any atom is -0.508 e. The molecule has 2 rings (SSSR count). The Bertz CT molecular complexity index is 586. The van der Waals surface area contributed by atoms with Crippen LogP contribution >= 0.6 is 0 Å². The monoisotopic (exact) mass is 302 g/mol.